The number of nitrogens with two attached hydrogens (primary N) is 1. The molecule has 33 heavy (non-hydrogen) atoms. The van der Waals surface area contributed by atoms with Crippen LogP contribution in [0.25, 0.3) is 16.8 Å². The summed E-state index contributed by atoms with van der Waals surface area (Å²) < 4.78 is 1.59. The fourth-order valence-electron chi connectivity index (χ4n) is 5.13. The molecule has 0 aromatic carbocycles. The Balaban J connectivity index is 1.32. The SMILES string of the molecule is N#Cc1ncc(-c2cnn3c(N)cc([C@H]4C[C@H]5CC[C@@H](C4)N5C(=O)c4nnc[nH]4)nc23)cn1. The molecule has 2 aliphatic rings. The molecule has 1 amide bonds. The van der Waals surface area contributed by atoms with Crippen LogP contribution in [0.1, 0.15) is 53.7 Å². The smallest absolute Gasteiger partial charge is 0.292 e. The lowest BCUT2D eigenvalue weighted by Gasteiger charge is -2.38. The van der Waals surface area contributed by atoms with Gasteiger partial charge in [0.2, 0.25) is 11.6 Å². The van der Waals surface area contributed by atoms with Gasteiger partial charge in [-0.25, -0.2) is 15.0 Å². The monoisotopic (exact) mass is 441 g/mol. The lowest BCUT2D eigenvalue weighted by atomic mass is 9.87. The molecular weight excluding hydrogens is 422 g/mol. The van der Waals surface area contributed by atoms with E-state index in [0.717, 1.165) is 36.9 Å². The van der Waals surface area contributed by atoms with Crippen LogP contribution in [0.5, 0.6) is 0 Å². The summed E-state index contributed by atoms with van der Waals surface area (Å²) in [6, 6.07) is 4.04. The summed E-state index contributed by atoms with van der Waals surface area (Å²) in [6.07, 6.45) is 9.80. The van der Waals surface area contributed by atoms with E-state index in [2.05, 4.69) is 30.2 Å². The van der Waals surface area contributed by atoms with E-state index in [9.17, 15) is 4.79 Å². The van der Waals surface area contributed by atoms with Crippen LogP contribution in [0.2, 0.25) is 0 Å². The minimum absolute atomic E-state index is 0.0970. The number of piperidine rings is 1. The first kappa shape index (κ1) is 19.3. The van der Waals surface area contributed by atoms with Gasteiger partial charge >= 0.3 is 0 Å². The number of rotatable bonds is 3. The number of fused-ring (bicyclic) bond motifs is 3. The Labute approximate surface area is 187 Å². The Hall–Kier alpha value is -4.40. The molecule has 164 valence electrons. The molecule has 3 atom stereocenters. The number of H-pyrrole nitrogens is 1. The van der Waals surface area contributed by atoms with E-state index < -0.39 is 0 Å². The number of carbonyl (C=O) groups excluding carboxylic acids is 1. The van der Waals surface area contributed by atoms with Gasteiger partial charge in [-0.1, -0.05) is 0 Å². The lowest BCUT2D eigenvalue weighted by Crippen LogP contribution is -2.46. The summed E-state index contributed by atoms with van der Waals surface area (Å²) in [6.45, 7) is 0. The summed E-state index contributed by atoms with van der Waals surface area (Å²) >= 11 is 0. The van der Waals surface area contributed by atoms with Crippen molar-refractivity contribution in [1.29, 1.82) is 5.26 Å². The molecule has 12 heteroatoms. The number of amides is 1. The molecule has 6 heterocycles. The standard InChI is InChI=1S/C21H19N11O/c22-6-18-24-7-12(8-25-18)15-9-28-32-17(23)5-16(29-20(15)32)11-3-13-1-2-14(4-11)31(13)21(33)19-26-10-27-30-19/h5,7-11,13-14H,1-4,23H2,(H,26,27,30)/t11-,13+,14-. The van der Waals surface area contributed by atoms with E-state index in [1.165, 1.54) is 6.33 Å². The number of anilines is 1. The van der Waals surface area contributed by atoms with Crippen LogP contribution < -0.4 is 5.73 Å². The van der Waals surface area contributed by atoms with Crippen LogP contribution in [0.15, 0.2) is 31.0 Å². The number of aromatic nitrogens is 8. The Bertz CT molecular complexity index is 1370. The summed E-state index contributed by atoms with van der Waals surface area (Å²) in [5.41, 5.74) is 9.29. The average molecular weight is 441 g/mol. The van der Waals surface area contributed by atoms with Gasteiger partial charge in [-0.2, -0.15) is 14.9 Å². The number of nitrogens with zero attached hydrogens (tertiary/aromatic N) is 9. The van der Waals surface area contributed by atoms with Crippen LogP contribution >= 0.6 is 0 Å². The molecule has 2 fully saturated rings. The zero-order valence-corrected chi connectivity index (χ0v) is 17.5. The molecule has 0 radical (unpaired) electrons. The molecule has 2 aliphatic heterocycles. The Morgan fingerprint density at radius 3 is 2.61 bits per heavy atom. The first-order valence-electron chi connectivity index (χ1n) is 10.7. The van der Waals surface area contributed by atoms with Gasteiger partial charge in [-0.15, -0.1) is 10.2 Å². The van der Waals surface area contributed by atoms with Crippen molar-refractivity contribution < 1.29 is 4.79 Å². The molecular formula is C21H19N11O. The zero-order valence-electron chi connectivity index (χ0n) is 17.5. The summed E-state index contributed by atoms with van der Waals surface area (Å²) in [5, 5.41) is 20.9. The fraction of sp³-hybridized carbons (Fsp3) is 0.333. The molecule has 4 aromatic heterocycles. The number of nitrogens with one attached hydrogen (secondary N) is 1. The van der Waals surface area contributed by atoms with Gasteiger partial charge in [0, 0.05) is 53.3 Å². The van der Waals surface area contributed by atoms with E-state index in [4.69, 9.17) is 16.0 Å². The van der Waals surface area contributed by atoms with Crippen LogP contribution in [0.4, 0.5) is 5.82 Å². The molecule has 4 aromatic rings. The number of nitriles is 1. The van der Waals surface area contributed by atoms with Crippen molar-refractivity contribution in [3.05, 3.63) is 48.3 Å². The van der Waals surface area contributed by atoms with Gasteiger partial charge in [0.15, 0.2) is 5.65 Å². The van der Waals surface area contributed by atoms with E-state index in [-0.39, 0.29) is 35.6 Å². The minimum atomic E-state index is -0.0970. The third-order valence-corrected chi connectivity index (χ3v) is 6.59. The minimum Gasteiger partial charge on any atom is -0.384 e. The van der Waals surface area contributed by atoms with Crippen LogP contribution in [0, 0.1) is 11.3 Å². The third kappa shape index (κ3) is 3.08. The Morgan fingerprint density at radius 1 is 1.18 bits per heavy atom. The number of aromatic amines is 1. The number of nitrogen functional groups attached to an aromatic ring is 1. The first-order valence-corrected chi connectivity index (χ1v) is 10.7. The number of carbonyl (C=O) groups is 1. The van der Waals surface area contributed by atoms with E-state index >= 15 is 0 Å². The Morgan fingerprint density at radius 2 is 1.94 bits per heavy atom. The first-order chi connectivity index (χ1) is 16.1. The molecule has 2 saturated heterocycles. The van der Waals surface area contributed by atoms with Crippen molar-refractivity contribution in [3.8, 4) is 17.2 Å². The van der Waals surface area contributed by atoms with Crippen LogP contribution in [-0.4, -0.2) is 62.6 Å². The van der Waals surface area contributed by atoms with Gasteiger partial charge in [0.05, 0.1) is 6.20 Å². The largest absolute Gasteiger partial charge is 0.384 e. The molecule has 0 unspecified atom stereocenters. The molecule has 12 nitrogen and oxygen atoms in total. The van der Waals surface area contributed by atoms with Crippen LogP contribution in [-0.2, 0) is 0 Å². The maximum Gasteiger partial charge on any atom is 0.292 e. The highest BCUT2D eigenvalue weighted by atomic mass is 16.2. The second-order valence-corrected chi connectivity index (χ2v) is 8.41. The van der Waals surface area contributed by atoms with E-state index in [0.29, 0.717) is 17.0 Å². The van der Waals surface area contributed by atoms with Crippen molar-refractivity contribution in [1.82, 2.24) is 44.6 Å². The normalized spacial score (nSPS) is 21.9. The summed E-state index contributed by atoms with van der Waals surface area (Å²) in [7, 11) is 0. The molecule has 0 saturated carbocycles. The molecule has 0 aliphatic carbocycles. The second-order valence-electron chi connectivity index (χ2n) is 8.41. The van der Waals surface area contributed by atoms with Crippen molar-refractivity contribution in [2.45, 2.75) is 43.7 Å². The summed E-state index contributed by atoms with van der Waals surface area (Å²) in [4.78, 5) is 30.7. The van der Waals surface area contributed by atoms with Gasteiger partial charge in [-0.3, -0.25) is 4.79 Å². The predicted octanol–water partition coefficient (Wildman–Crippen LogP) is 1.31. The van der Waals surface area contributed by atoms with Crippen molar-refractivity contribution >= 4 is 17.4 Å². The highest BCUT2D eigenvalue weighted by Crippen LogP contribution is 2.43. The second kappa shape index (κ2) is 7.33. The summed E-state index contributed by atoms with van der Waals surface area (Å²) in [5.74, 6) is 0.949. The van der Waals surface area contributed by atoms with Gasteiger partial charge < -0.3 is 15.6 Å². The van der Waals surface area contributed by atoms with Gasteiger partial charge in [0.25, 0.3) is 5.91 Å². The van der Waals surface area contributed by atoms with Crippen molar-refractivity contribution in [3.63, 3.8) is 0 Å². The molecule has 3 N–H and O–H groups in total. The van der Waals surface area contributed by atoms with Crippen molar-refractivity contribution in [2.24, 2.45) is 0 Å². The van der Waals surface area contributed by atoms with Gasteiger partial charge in [-0.05, 0) is 25.7 Å². The highest BCUT2D eigenvalue weighted by Gasteiger charge is 2.45. The number of hydrogen-bond donors (Lipinski definition) is 2. The Kier molecular flexibility index (Phi) is 4.29. The van der Waals surface area contributed by atoms with E-state index in [1.54, 1.807) is 23.1 Å². The van der Waals surface area contributed by atoms with Crippen molar-refractivity contribution in [2.75, 3.05) is 5.73 Å². The molecule has 6 rings (SSSR count). The topological polar surface area (TPSA) is 168 Å². The van der Waals surface area contributed by atoms with Gasteiger partial charge in [0.1, 0.15) is 18.2 Å². The predicted molar refractivity (Wildman–Crippen MR) is 114 cm³/mol. The number of hydrogen-bond acceptors (Lipinski definition) is 9. The fourth-order valence-corrected chi connectivity index (χ4v) is 5.13. The lowest BCUT2D eigenvalue weighted by molar-refractivity contribution is 0.0557. The maximum atomic E-state index is 12.9. The average Bonchev–Trinajstić information content (AvgIpc) is 3.57. The highest BCUT2D eigenvalue weighted by molar-refractivity contribution is 5.91. The third-order valence-electron chi connectivity index (χ3n) is 6.59. The quantitative estimate of drug-likeness (QED) is 0.476. The van der Waals surface area contributed by atoms with Crippen LogP contribution in [0.3, 0.4) is 0 Å². The molecule has 0 spiro atoms. The molecule has 2 bridgehead atoms. The van der Waals surface area contributed by atoms with E-state index in [1.807, 2.05) is 17.0 Å². The maximum absolute atomic E-state index is 12.9. The zero-order chi connectivity index (χ0) is 22.5.